The average molecular weight is 277 g/mol. The van der Waals surface area contributed by atoms with E-state index < -0.39 is 0 Å². The first kappa shape index (κ1) is 12.7. The van der Waals surface area contributed by atoms with E-state index in [1.54, 1.807) is 10.7 Å². The Morgan fingerprint density at radius 3 is 3.21 bits per heavy atom. The number of aromatic nitrogens is 2. The van der Waals surface area contributed by atoms with E-state index in [1.165, 1.54) is 30.1 Å². The van der Waals surface area contributed by atoms with Gasteiger partial charge in [0.2, 0.25) is 0 Å². The van der Waals surface area contributed by atoms with Crippen LogP contribution in [0.15, 0.2) is 36.7 Å². The molecule has 0 unspecified atom stereocenters. The van der Waals surface area contributed by atoms with E-state index in [0.29, 0.717) is 6.04 Å². The van der Waals surface area contributed by atoms with Crippen LogP contribution in [0.4, 0.5) is 4.39 Å². The van der Waals surface area contributed by atoms with Gasteiger partial charge in [-0.25, -0.2) is 9.07 Å². The molecule has 0 radical (unpaired) electrons. The molecule has 1 N–H and O–H groups in total. The van der Waals surface area contributed by atoms with Gasteiger partial charge in [0.25, 0.3) is 0 Å². The van der Waals surface area contributed by atoms with Crippen LogP contribution >= 0.6 is 11.8 Å². The molecule has 0 aliphatic carbocycles. The first-order chi connectivity index (χ1) is 9.31. The number of nitrogens with zero attached hydrogens (tertiary/aromatic N) is 2. The van der Waals surface area contributed by atoms with Crippen LogP contribution in [-0.4, -0.2) is 27.3 Å². The van der Waals surface area contributed by atoms with Crippen molar-refractivity contribution in [3.8, 4) is 5.69 Å². The van der Waals surface area contributed by atoms with Crippen molar-refractivity contribution in [1.29, 1.82) is 0 Å². The molecule has 100 valence electrons. The highest BCUT2D eigenvalue weighted by atomic mass is 32.2. The second-order valence-corrected chi connectivity index (χ2v) is 5.86. The van der Waals surface area contributed by atoms with Gasteiger partial charge in [-0.05, 0) is 30.4 Å². The summed E-state index contributed by atoms with van der Waals surface area (Å²) in [6.07, 6.45) is 5.02. The third-order valence-electron chi connectivity index (χ3n) is 3.23. The molecule has 1 aliphatic heterocycles. The van der Waals surface area contributed by atoms with Crippen molar-refractivity contribution in [3.63, 3.8) is 0 Å². The maximum Gasteiger partial charge on any atom is 0.125 e. The van der Waals surface area contributed by atoms with E-state index in [1.807, 2.05) is 30.2 Å². The van der Waals surface area contributed by atoms with Gasteiger partial charge in [0.15, 0.2) is 0 Å². The predicted octanol–water partition coefficient (Wildman–Crippen LogP) is 2.61. The highest BCUT2D eigenvalue weighted by molar-refractivity contribution is 7.99. The lowest BCUT2D eigenvalue weighted by Gasteiger charge is -2.09. The molecular formula is C14H16FN3S. The summed E-state index contributed by atoms with van der Waals surface area (Å²) in [7, 11) is 0. The molecule has 1 fully saturated rings. The second kappa shape index (κ2) is 5.75. The summed E-state index contributed by atoms with van der Waals surface area (Å²) < 4.78 is 14.9. The fourth-order valence-electron chi connectivity index (χ4n) is 2.17. The van der Waals surface area contributed by atoms with E-state index in [2.05, 4.69) is 10.4 Å². The van der Waals surface area contributed by atoms with Crippen LogP contribution < -0.4 is 5.32 Å². The van der Waals surface area contributed by atoms with Crippen LogP contribution in [0.2, 0.25) is 0 Å². The smallest absolute Gasteiger partial charge is 0.125 e. The van der Waals surface area contributed by atoms with Crippen molar-refractivity contribution in [3.05, 3.63) is 48.0 Å². The van der Waals surface area contributed by atoms with Gasteiger partial charge in [0.05, 0.1) is 11.9 Å². The lowest BCUT2D eigenvalue weighted by atomic mass is 10.2. The highest BCUT2D eigenvalue weighted by Gasteiger charge is 2.14. The van der Waals surface area contributed by atoms with Crippen LogP contribution in [0.25, 0.3) is 5.69 Å². The van der Waals surface area contributed by atoms with Crippen molar-refractivity contribution in [2.75, 3.05) is 11.5 Å². The van der Waals surface area contributed by atoms with Crippen LogP contribution in [0.3, 0.4) is 0 Å². The monoisotopic (exact) mass is 277 g/mol. The van der Waals surface area contributed by atoms with Crippen LogP contribution in [0.1, 0.15) is 12.0 Å². The first-order valence-corrected chi connectivity index (χ1v) is 7.57. The van der Waals surface area contributed by atoms with Crippen LogP contribution in [0, 0.1) is 5.82 Å². The summed E-state index contributed by atoms with van der Waals surface area (Å²) >= 11 is 2.00. The highest BCUT2D eigenvalue weighted by Crippen LogP contribution is 2.17. The number of halogens is 1. The van der Waals surface area contributed by atoms with E-state index in [9.17, 15) is 4.39 Å². The van der Waals surface area contributed by atoms with Gasteiger partial charge in [-0.2, -0.15) is 16.9 Å². The number of rotatable bonds is 4. The quantitative estimate of drug-likeness (QED) is 0.931. The standard InChI is InChI=1S/C14H16FN3S/c15-12-2-1-3-14(6-12)18-9-11(8-17-18)7-16-13-4-5-19-10-13/h1-3,6,8-9,13,16H,4-5,7,10H2/t13-/m0/s1. The Labute approximate surface area is 116 Å². The molecule has 2 heterocycles. The molecular weight excluding hydrogens is 261 g/mol. The zero-order valence-corrected chi connectivity index (χ0v) is 11.4. The van der Waals surface area contributed by atoms with Crippen molar-refractivity contribution in [1.82, 2.24) is 15.1 Å². The number of hydrogen-bond donors (Lipinski definition) is 1. The molecule has 1 aromatic heterocycles. The summed E-state index contributed by atoms with van der Waals surface area (Å²) in [5, 5.41) is 7.80. The molecule has 1 saturated heterocycles. The van der Waals surface area contributed by atoms with Gasteiger partial charge in [-0.1, -0.05) is 6.07 Å². The summed E-state index contributed by atoms with van der Waals surface area (Å²) in [5.41, 5.74) is 1.88. The fraction of sp³-hybridized carbons (Fsp3) is 0.357. The normalized spacial score (nSPS) is 18.9. The van der Waals surface area contributed by atoms with Crippen molar-refractivity contribution < 1.29 is 4.39 Å². The summed E-state index contributed by atoms with van der Waals surface area (Å²) in [4.78, 5) is 0. The Morgan fingerprint density at radius 2 is 2.42 bits per heavy atom. The summed E-state index contributed by atoms with van der Waals surface area (Å²) in [5.74, 6) is 2.20. The molecule has 0 saturated carbocycles. The fourth-order valence-corrected chi connectivity index (χ4v) is 3.36. The first-order valence-electron chi connectivity index (χ1n) is 6.42. The van der Waals surface area contributed by atoms with E-state index in [4.69, 9.17) is 0 Å². The average Bonchev–Trinajstić information content (AvgIpc) is 3.08. The number of nitrogens with one attached hydrogen (secondary N) is 1. The van der Waals surface area contributed by atoms with Gasteiger partial charge in [-0.15, -0.1) is 0 Å². The molecule has 0 spiro atoms. The van der Waals surface area contributed by atoms with E-state index in [0.717, 1.165) is 17.8 Å². The molecule has 1 aromatic carbocycles. The van der Waals surface area contributed by atoms with E-state index >= 15 is 0 Å². The molecule has 1 aliphatic rings. The predicted molar refractivity (Wildman–Crippen MR) is 76.1 cm³/mol. The second-order valence-electron chi connectivity index (χ2n) is 4.71. The summed E-state index contributed by atoms with van der Waals surface area (Å²) in [6, 6.07) is 7.08. The molecule has 3 nitrogen and oxygen atoms in total. The molecule has 5 heteroatoms. The van der Waals surface area contributed by atoms with Crippen molar-refractivity contribution in [2.24, 2.45) is 0 Å². The Kier molecular flexibility index (Phi) is 3.84. The van der Waals surface area contributed by atoms with Gasteiger partial charge >= 0.3 is 0 Å². The zero-order valence-electron chi connectivity index (χ0n) is 10.6. The topological polar surface area (TPSA) is 29.9 Å². The number of thioether (sulfide) groups is 1. The number of benzene rings is 1. The lowest BCUT2D eigenvalue weighted by Crippen LogP contribution is -2.27. The maximum absolute atomic E-state index is 13.2. The van der Waals surface area contributed by atoms with Crippen molar-refractivity contribution >= 4 is 11.8 Å². The Morgan fingerprint density at radius 1 is 1.47 bits per heavy atom. The van der Waals surface area contributed by atoms with Gasteiger partial charge in [0, 0.05) is 30.1 Å². The minimum atomic E-state index is -0.240. The molecule has 1 atom stereocenters. The van der Waals surface area contributed by atoms with Crippen molar-refractivity contribution in [2.45, 2.75) is 19.0 Å². The molecule has 2 aromatic rings. The molecule has 0 amide bonds. The van der Waals surface area contributed by atoms with E-state index in [-0.39, 0.29) is 5.82 Å². The largest absolute Gasteiger partial charge is 0.309 e. The molecule has 19 heavy (non-hydrogen) atoms. The molecule has 3 rings (SSSR count). The zero-order chi connectivity index (χ0) is 13.1. The molecule has 0 bridgehead atoms. The lowest BCUT2D eigenvalue weighted by molar-refractivity contribution is 0.558. The Bertz CT molecular complexity index is 549. The third-order valence-corrected chi connectivity index (χ3v) is 4.40. The minimum absolute atomic E-state index is 0.240. The van der Waals surface area contributed by atoms with Crippen LogP contribution in [0.5, 0.6) is 0 Å². The number of hydrogen-bond acceptors (Lipinski definition) is 3. The SMILES string of the molecule is Fc1cccc(-n2cc(CN[C@H]3CCSC3)cn2)c1. The Balaban J connectivity index is 1.65. The van der Waals surface area contributed by atoms with Gasteiger partial charge in [0.1, 0.15) is 5.82 Å². The van der Waals surface area contributed by atoms with Crippen LogP contribution in [-0.2, 0) is 6.54 Å². The maximum atomic E-state index is 13.2. The van der Waals surface area contributed by atoms with Gasteiger partial charge < -0.3 is 5.32 Å². The summed E-state index contributed by atoms with van der Waals surface area (Å²) in [6.45, 7) is 0.820. The third kappa shape index (κ3) is 3.16. The minimum Gasteiger partial charge on any atom is -0.309 e. The Hall–Kier alpha value is -1.33. The van der Waals surface area contributed by atoms with Gasteiger partial charge in [-0.3, -0.25) is 0 Å².